The van der Waals surface area contributed by atoms with Gasteiger partial charge in [0.25, 0.3) is 0 Å². The van der Waals surface area contributed by atoms with Gasteiger partial charge in [-0.15, -0.1) is 0 Å². The van der Waals surface area contributed by atoms with Crippen molar-refractivity contribution in [2.75, 3.05) is 13.2 Å². The highest BCUT2D eigenvalue weighted by atomic mass is 16.5. The fraction of sp³-hybridized carbons (Fsp3) is 0.429. The lowest BCUT2D eigenvalue weighted by atomic mass is 9.85. The van der Waals surface area contributed by atoms with Gasteiger partial charge in [-0.05, 0) is 18.9 Å². The second-order valence-corrected chi connectivity index (χ2v) is 4.75. The minimum Gasteiger partial charge on any atom is -0.459 e. The second-order valence-electron chi connectivity index (χ2n) is 4.75. The van der Waals surface area contributed by atoms with E-state index in [1.54, 1.807) is 6.92 Å². The molecule has 0 N–H and O–H groups in total. The average Bonchev–Trinajstić information content (AvgIpc) is 2.65. The van der Waals surface area contributed by atoms with Crippen LogP contribution in [-0.4, -0.2) is 25.0 Å². The SMILES string of the molecule is C[C@]1(CCOCc2ccccc2)COC(=O)C1=O. The molecular formula is C14H16O4. The number of ether oxygens (including phenoxy) is 2. The fourth-order valence-electron chi connectivity index (χ4n) is 1.85. The number of benzene rings is 1. The molecule has 1 aromatic rings. The quantitative estimate of drug-likeness (QED) is 0.452. The van der Waals surface area contributed by atoms with Crippen molar-refractivity contribution in [1.29, 1.82) is 0 Å². The van der Waals surface area contributed by atoms with Crippen molar-refractivity contribution in [3.05, 3.63) is 35.9 Å². The van der Waals surface area contributed by atoms with Crippen molar-refractivity contribution < 1.29 is 19.1 Å². The third kappa shape index (κ3) is 2.76. The number of carbonyl (C=O) groups excluding carboxylic acids is 2. The smallest absolute Gasteiger partial charge is 0.375 e. The summed E-state index contributed by atoms with van der Waals surface area (Å²) in [5.74, 6) is -1.16. The first-order chi connectivity index (χ1) is 8.62. The van der Waals surface area contributed by atoms with Crippen LogP contribution in [0.2, 0.25) is 0 Å². The molecule has 0 bridgehead atoms. The highest BCUT2D eigenvalue weighted by Gasteiger charge is 2.45. The maximum Gasteiger partial charge on any atom is 0.375 e. The molecule has 2 rings (SSSR count). The summed E-state index contributed by atoms with van der Waals surface area (Å²) in [6.07, 6.45) is 0.504. The first kappa shape index (κ1) is 12.8. The predicted octanol–water partition coefficient (Wildman–Crippen LogP) is 1.73. The molecular weight excluding hydrogens is 232 g/mol. The Balaban J connectivity index is 1.76. The van der Waals surface area contributed by atoms with Crippen molar-refractivity contribution in [2.45, 2.75) is 20.0 Å². The van der Waals surface area contributed by atoms with Crippen LogP contribution in [0.1, 0.15) is 18.9 Å². The summed E-state index contributed by atoms with van der Waals surface area (Å²) in [4.78, 5) is 22.6. The molecule has 0 amide bonds. The third-order valence-electron chi connectivity index (χ3n) is 3.17. The molecule has 1 aromatic carbocycles. The van der Waals surface area contributed by atoms with Crippen molar-refractivity contribution >= 4 is 11.8 Å². The zero-order chi connectivity index (χ0) is 13.0. The largest absolute Gasteiger partial charge is 0.459 e. The first-order valence-electron chi connectivity index (χ1n) is 5.95. The molecule has 0 radical (unpaired) electrons. The Morgan fingerprint density at radius 2 is 2.00 bits per heavy atom. The van der Waals surface area contributed by atoms with Gasteiger partial charge in [-0.25, -0.2) is 4.79 Å². The number of cyclic esters (lactones) is 1. The summed E-state index contributed by atoms with van der Waals surface area (Å²) in [7, 11) is 0. The summed E-state index contributed by atoms with van der Waals surface area (Å²) in [5, 5.41) is 0. The molecule has 0 aliphatic carbocycles. The van der Waals surface area contributed by atoms with Gasteiger partial charge in [0.1, 0.15) is 6.61 Å². The Morgan fingerprint density at radius 3 is 2.61 bits per heavy atom. The van der Waals surface area contributed by atoms with Crippen LogP contribution in [0.15, 0.2) is 30.3 Å². The van der Waals surface area contributed by atoms with Crippen LogP contribution in [0.5, 0.6) is 0 Å². The molecule has 0 spiro atoms. The van der Waals surface area contributed by atoms with E-state index in [9.17, 15) is 9.59 Å². The van der Waals surface area contributed by atoms with Crippen LogP contribution in [0.4, 0.5) is 0 Å². The second kappa shape index (κ2) is 5.31. The van der Waals surface area contributed by atoms with Crippen molar-refractivity contribution in [3.63, 3.8) is 0 Å². The minimum atomic E-state index is -0.722. The van der Waals surface area contributed by atoms with E-state index in [4.69, 9.17) is 9.47 Å². The monoisotopic (exact) mass is 248 g/mol. The standard InChI is InChI=1S/C14H16O4/c1-14(10-18-13(16)12(14)15)7-8-17-9-11-5-3-2-4-6-11/h2-6H,7-10H2,1H3/t14-/m0/s1. The van der Waals surface area contributed by atoms with E-state index in [2.05, 4.69) is 0 Å². The number of esters is 1. The number of hydrogen-bond acceptors (Lipinski definition) is 4. The van der Waals surface area contributed by atoms with E-state index in [-0.39, 0.29) is 6.61 Å². The van der Waals surface area contributed by atoms with Crippen molar-refractivity contribution in [3.8, 4) is 0 Å². The lowest BCUT2D eigenvalue weighted by molar-refractivity contribution is -0.147. The summed E-state index contributed by atoms with van der Waals surface area (Å²) in [6, 6.07) is 9.81. The van der Waals surface area contributed by atoms with Crippen LogP contribution in [0.3, 0.4) is 0 Å². The third-order valence-corrected chi connectivity index (χ3v) is 3.17. The van der Waals surface area contributed by atoms with E-state index in [0.29, 0.717) is 19.6 Å². The molecule has 1 saturated heterocycles. The van der Waals surface area contributed by atoms with Gasteiger partial charge in [0.2, 0.25) is 5.78 Å². The fourth-order valence-corrected chi connectivity index (χ4v) is 1.85. The van der Waals surface area contributed by atoms with Gasteiger partial charge in [-0.1, -0.05) is 30.3 Å². The summed E-state index contributed by atoms with van der Waals surface area (Å²) < 4.78 is 10.3. The summed E-state index contributed by atoms with van der Waals surface area (Å²) in [5.41, 5.74) is 0.376. The van der Waals surface area contributed by atoms with Gasteiger partial charge in [0.05, 0.1) is 12.0 Å². The molecule has 18 heavy (non-hydrogen) atoms. The van der Waals surface area contributed by atoms with Crippen molar-refractivity contribution in [1.82, 2.24) is 0 Å². The molecule has 96 valence electrons. The molecule has 1 fully saturated rings. The van der Waals surface area contributed by atoms with Gasteiger partial charge in [-0.2, -0.15) is 0 Å². The number of hydrogen-bond donors (Lipinski definition) is 0. The molecule has 1 aliphatic rings. The zero-order valence-electron chi connectivity index (χ0n) is 10.3. The highest BCUT2D eigenvalue weighted by Crippen LogP contribution is 2.29. The maximum atomic E-state index is 11.6. The van der Waals surface area contributed by atoms with Crippen molar-refractivity contribution in [2.24, 2.45) is 5.41 Å². The van der Waals surface area contributed by atoms with Crippen LogP contribution >= 0.6 is 0 Å². The number of rotatable bonds is 5. The van der Waals surface area contributed by atoms with E-state index in [0.717, 1.165) is 5.56 Å². The van der Waals surface area contributed by atoms with Gasteiger partial charge in [0.15, 0.2) is 0 Å². The minimum absolute atomic E-state index is 0.166. The van der Waals surface area contributed by atoms with Crippen LogP contribution in [0.25, 0.3) is 0 Å². The van der Waals surface area contributed by atoms with Gasteiger partial charge >= 0.3 is 5.97 Å². The predicted molar refractivity (Wildman–Crippen MR) is 64.8 cm³/mol. The van der Waals surface area contributed by atoms with Gasteiger partial charge < -0.3 is 9.47 Å². The van der Waals surface area contributed by atoms with Gasteiger partial charge in [-0.3, -0.25) is 4.79 Å². The van der Waals surface area contributed by atoms with Crippen LogP contribution < -0.4 is 0 Å². The molecule has 1 atom stereocenters. The highest BCUT2D eigenvalue weighted by molar-refractivity contribution is 6.37. The van der Waals surface area contributed by atoms with E-state index >= 15 is 0 Å². The summed E-state index contributed by atoms with van der Waals surface area (Å²) in [6.45, 7) is 2.86. The molecule has 1 aliphatic heterocycles. The van der Waals surface area contributed by atoms with E-state index < -0.39 is 17.2 Å². The molecule has 4 heteroatoms. The molecule has 0 aromatic heterocycles. The Morgan fingerprint density at radius 1 is 1.28 bits per heavy atom. The molecule has 0 unspecified atom stereocenters. The number of carbonyl (C=O) groups is 2. The Hall–Kier alpha value is -1.68. The number of Topliss-reactive ketones (excluding diaryl/α,β-unsaturated/α-hetero) is 1. The lowest BCUT2D eigenvalue weighted by Gasteiger charge is -2.17. The molecule has 1 heterocycles. The van der Waals surface area contributed by atoms with Crippen LogP contribution in [0, 0.1) is 5.41 Å². The van der Waals surface area contributed by atoms with E-state index in [1.807, 2.05) is 30.3 Å². The topological polar surface area (TPSA) is 52.6 Å². The lowest BCUT2D eigenvalue weighted by Crippen LogP contribution is -2.29. The van der Waals surface area contributed by atoms with E-state index in [1.165, 1.54) is 0 Å². The zero-order valence-corrected chi connectivity index (χ0v) is 10.3. The Labute approximate surface area is 106 Å². The average molecular weight is 248 g/mol. The molecule has 0 saturated carbocycles. The van der Waals surface area contributed by atoms with Crippen LogP contribution in [-0.2, 0) is 25.7 Å². The first-order valence-corrected chi connectivity index (χ1v) is 5.95. The number of ketones is 1. The maximum absolute atomic E-state index is 11.6. The summed E-state index contributed by atoms with van der Waals surface area (Å²) >= 11 is 0. The normalized spacial score (nSPS) is 23.2. The molecule has 4 nitrogen and oxygen atoms in total. The Bertz CT molecular complexity index is 440. The Kier molecular flexibility index (Phi) is 3.77. The van der Waals surface area contributed by atoms with Gasteiger partial charge in [0, 0.05) is 6.61 Å².